The van der Waals surface area contributed by atoms with Gasteiger partial charge in [0.2, 0.25) is 5.91 Å². The molecule has 2 N–H and O–H groups in total. The number of nitrogens with one attached hydrogen (secondary N) is 1. The molecule has 0 spiro atoms. The summed E-state index contributed by atoms with van der Waals surface area (Å²) in [6.45, 7) is 6.03. The van der Waals surface area contributed by atoms with Crippen molar-refractivity contribution in [1.29, 1.82) is 0 Å². The molecule has 106 valence electrons. The first-order chi connectivity index (χ1) is 9.02. The van der Waals surface area contributed by atoms with Gasteiger partial charge in [-0.1, -0.05) is 43.7 Å². The lowest BCUT2D eigenvalue weighted by atomic mass is 10.1. The van der Waals surface area contributed by atoms with Gasteiger partial charge in [0.15, 0.2) is 0 Å². The van der Waals surface area contributed by atoms with Gasteiger partial charge >= 0.3 is 0 Å². The van der Waals surface area contributed by atoms with Crippen LogP contribution in [-0.4, -0.2) is 29.4 Å². The molecule has 0 bridgehead atoms. The Morgan fingerprint density at radius 1 is 1.42 bits per heavy atom. The van der Waals surface area contributed by atoms with Crippen LogP contribution in [0.2, 0.25) is 0 Å². The summed E-state index contributed by atoms with van der Waals surface area (Å²) in [5.74, 6) is 1.50. The van der Waals surface area contributed by atoms with Crippen LogP contribution in [0.5, 0.6) is 0 Å². The Hall–Kier alpha value is -1.00. The summed E-state index contributed by atoms with van der Waals surface area (Å²) in [5, 5.41) is 12.0. The summed E-state index contributed by atoms with van der Waals surface area (Å²) in [6.07, 6.45) is 0. The average molecular weight is 281 g/mol. The number of thioether (sulfide) groups is 1. The summed E-state index contributed by atoms with van der Waals surface area (Å²) >= 11 is 1.59. The van der Waals surface area contributed by atoms with E-state index < -0.39 is 0 Å². The van der Waals surface area contributed by atoms with Gasteiger partial charge in [0.25, 0.3) is 0 Å². The molecule has 0 heterocycles. The van der Waals surface area contributed by atoms with Crippen molar-refractivity contribution in [1.82, 2.24) is 5.32 Å². The van der Waals surface area contributed by atoms with Crippen LogP contribution in [0.25, 0.3) is 0 Å². The summed E-state index contributed by atoms with van der Waals surface area (Å²) in [5.41, 5.74) is 2.48. The zero-order valence-electron chi connectivity index (χ0n) is 11.8. The number of aryl methyl sites for hydroxylation is 1. The van der Waals surface area contributed by atoms with Gasteiger partial charge < -0.3 is 10.4 Å². The number of carbonyl (C=O) groups excluding carboxylic acids is 1. The van der Waals surface area contributed by atoms with Crippen molar-refractivity contribution < 1.29 is 9.90 Å². The molecule has 1 aromatic carbocycles. The van der Waals surface area contributed by atoms with E-state index in [1.54, 1.807) is 11.8 Å². The van der Waals surface area contributed by atoms with Crippen LogP contribution >= 0.6 is 11.8 Å². The normalized spacial score (nSPS) is 12.5. The van der Waals surface area contributed by atoms with Gasteiger partial charge in [0.05, 0.1) is 18.4 Å². The van der Waals surface area contributed by atoms with Gasteiger partial charge in [-0.2, -0.15) is 0 Å². The van der Waals surface area contributed by atoms with Crippen molar-refractivity contribution in [2.24, 2.45) is 5.92 Å². The Kier molecular flexibility index (Phi) is 6.95. The summed E-state index contributed by atoms with van der Waals surface area (Å²) in [6, 6.07) is 8.16. The highest BCUT2D eigenvalue weighted by molar-refractivity contribution is 7.99. The second-order valence-corrected chi connectivity index (χ2v) is 6.07. The Balaban J connectivity index is 2.31. The molecule has 0 unspecified atom stereocenters. The van der Waals surface area contributed by atoms with Crippen LogP contribution in [-0.2, 0) is 10.5 Å². The first-order valence-electron chi connectivity index (χ1n) is 6.56. The highest BCUT2D eigenvalue weighted by Gasteiger charge is 2.14. The van der Waals surface area contributed by atoms with Crippen molar-refractivity contribution in [3.05, 3.63) is 35.4 Å². The topological polar surface area (TPSA) is 49.3 Å². The fraction of sp³-hybridized carbons (Fsp3) is 0.533. The lowest BCUT2D eigenvalue weighted by Crippen LogP contribution is -2.42. The van der Waals surface area contributed by atoms with E-state index >= 15 is 0 Å². The average Bonchev–Trinajstić information content (AvgIpc) is 2.35. The van der Waals surface area contributed by atoms with Crippen molar-refractivity contribution in [2.75, 3.05) is 12.4 Å². The van der Waals surface area contributed by atoms with E-state index in [-0.39, 0.29) is 24.5 Å². The monoisotopic (exact) mass is 281 g/mol. The van der Waals surface area contributed by atoms with Crippen LogP contribution in [0.15, 0.2) is 24.3 Å². The van der Waals surface area contributed by atoms with E-state index in [1.165, 1.54) is 11.1 Å². The van der Waals surface area contributed by atoms with E-state index in [0.717, 1.165) is 5.75 Å². The largest absolute Gasteiger partial charge is 0.394 e. The number of amides is 1. The van der Waals surface area contributed by atoms with E-state index in [1.807, 2.05) is 19.9 Å². The minimum atomic E-state index is -0.146. The van der Waals surface area contributed by atoms with Crippen molar-refractivity contribution in [2.45, 2.75) is 32.6 Å². The van der Waals surface area contributed by atoms with Crippen molar-refractivity contribution in [3.8, 4) is 0 Å². The molecule has 1 rings (SSSR count). The van der Waals surface area contributed by atoms with E-state index in [0.29, 0.717) is 5.75 Å². The smallest absolute Gasteiger partial charge is 0.230 e. The predicted molar refractivity (Wildman–Crippen MR) is 81.2 cm³/mol. The minimum absolute atomic E-state index is 0.00798. The Labute approximate surface area is 119 Å². The van der Waals surface area contributed by atoms with Gasteiger partial charge in [0.1, 0.15) is 0 Å². The maximum absolute atomic E-state index is 11.7. The van der Waals surface area contributed by atoms with Crippen LogP contribution < -0.4 is 5.32 Å². The Morgan fingerprint density at radius 2 is 2.16 bits per heavy atom. The van der Waals surface area contributed by atoms with Crippen LogP contribution in [0, 0.1) is 12.8 Å². The molecular formula is C15H23NO2S. The molecule has 0 fully saturated rings. The second-order valence-electron chi connectivity index (χ2n) is 5.08. The number of hydrogen-bond donors (Lipinski definition) is 2. The van der Waals surface area contributed by atoms with E-state index in [4.69, 9.17) is 5.11 Å². The van der Waals surface area contributed by atoms with Crippen LogP contribution in [0.4, 0.5) is 0 Å². The van der Waals surface area contributed by atoms with Gasteiger partial charge in [-0.25, -0.2) is 0 Å². The maximum Gasteiger partial charge on any atom is 0.230 e. The summed E-state index contributed by atoms with van der Waals surface area (Å²) < 4.78 is 0. The van der Waals surface area contributed by atoms with Crippen molar-refractivity contribution >= 4 is 17.7 Å². The number of carbonyl (C=O) groups is 1. The van der Waals surface area contributed by atoms with Crippen molar-refractivity contribution in [3.63, 3.8) is 0 Å². The third-order valence-corrected chi connectivity index (χ3v) is 3.94. The molecular weight excluding hydrogens is 258 g/mol. The molecule has 4 heteroatoms. The molecule has 3 nitrogen and oxygen atoms in total. The van der Waals surface area contributed by atoms with E-state index in [9.17, 15) is 4.79 Å². The SMILES string of the molecule is Cc1cccc(CSCC(=O)N[C@H](CO)C(C)C)c1. The zero-order chi connectivity index (χ0) is 14.3. The number of aliphatic hydroxyl groups excluding tert-OH is 1. The zero-order valence-corrected chi connectivity index (χ0v) is 12.7. The molecule has 0 saturated carbocycles. The third kappa shape index (κ3) is 6.12. The Bertz CT molecular complexity index is 407. The highest BCUT2D eigenvalue weighted by atomic mass is 32.2. The first kappa shape index (κ1) is 16.1. The molecule has 0 aliphatic heterocycles. The lowest BCUT2D eigenvalue weighted by Gasteiger charge is -2.19. The molecule has 0 radical (unpaired) electrons. The fourth-order valence-electron chi connectivity index (χ4n) is 1.74. The summed E-state index contributed by atoms with van der Waals surface area (Å²) in [7, 11) is 0. The highest BCUT2D eigenvalue weighted by Crippen LogP contribution is 2.13. The molecule has 0 aliphatic rings. The van der Waals surface area contributed by atoms with Gasteiger partial charge in [-0.05, 0) is 18.4 Å². The van der Waals surface area contributed by atoms with E-state index in [2.05, 4.69) is 30.4 Å². The quantitative estimate of drug-likeness (QED) is 0.806. The number of aliphatic hydroxyl groups is 1. The standard InChI is InChI=1S/C15H23NO2S/c1-11(2)14(8-17)16-15(18)10-19-9-13-6-4-5-12(3)7-13/h4-7,11,14,17H,8-10H2,1-3H3,(H,16,18)/t14-/m1/s1. The molecule has 19 heavy (non-hydrogen) atoms. The van der Waals surface area contributed by atoms with Crippen LogP contribution in [0.1, 0.15) is 25.0 Å². The van der Waals surface area contributed by atoms with Gasteiger partial charge in [-0.3, -0.25) is 4.79 Å². The molecule has 0 aromatic heterocycles. The molecule has 1 atom stereocenters. The lowest BCUT2D eigenvalue weighted by molar-refractivity contribution is -0.119. The fourth-order valence-corrected chi connectivity index (χ4v) is 2.52. The maximum atomic E-state index is 11.7. The Morgan fingerprint density at radius 3 is 2.74 bits per heavy atom. The molecule has 1 aromatic rings. The van der Waals surface area contributed by atoms with Gasteiger partial charge in [-0.15, -0.1) is 11.8 Å². The second kappa shape index (κ2) is 8.23. The molecule has 0 aliphatic carbocycles. The number of rotatable bonds is 7. The van der Waals surface area contributed by atoms with Gasteiger partial charge in [0, 0.05) is 5.75 Å². The third-order valence-electron chi connectivity index (χ3n) is 2.93. The van der Waals surface area contributed by atoms with Crippen LogP contribution in [0.3, 0.4) is 0 Å². The molecule has 0 saturated heterocycles. The number of benzene rings is 1. The molecule has 1 amide bonds. The summed E-state index contributed by atoms with van der Waals surface area (Å²) in [4.78, 5) is 11.7. The first-order valence-corrected chi connectivity index (χ1v) is 7.72. The number of hydrogen-bond acceptors (Lipinski definition) is 3. The predicted octanol–water partition coefficient (Wildman–Crippen LogP) is 2.36. The minimum Gasteiger partial charge on any atom is -0.394 e.